The molecule has 2 amide bonds. The monoisotopic (exact) mass is 346 g/mol. The molecule has 25 heavy (non-hydrogen) atoms. The summed E-state index contributed by atoms with van der Waals surface area (Å²) in [4.78, 5) is 26.7. The topological polar surface area (TPSA) is 67.9 Å². The van der Waals surface area contributed by atoms with Crippen LogP contribution in [0.4, 0.5) is 4.79 Å². The van der Waals surface area contributed by atoms with Crippen LogP contribution in [-0.2, 0) is 11.2 Å². The lowest BCUT2D eigenvalue weighted by Crippen LogP contribution is -2.45. The van der Waals surface area contributed by atoms with Gasteiger partial charge in [-0.25, -0.2) is 4.79 Å². The summed E-state index contributed by atoms with van der Waals surface area (Å²) in [5, 5.41) is 3.03. The molecule has 2 heterocycles. The number of aryl methyl sites for hydroxylation is 1. The van der Waals surface area contributed by atoms with E-state index in [9.17, 15) is 9.59 Å². The van der Waals surface area contributed by atoms with E-state index in [4.69, 9.17) is 9.47 Å². The molecule has 1 saturated heterocycles. The van der Waals surface area contributed by atoms with Crippen molar-refractivity contribution in [1.82, 2.24) is 10.2 Å². The molecule has 6 nitrogen and oxygen atoms in total. The second kappa shape index (κ2) is 6.24. The van der Waals surface area contributed by atoms with E-state index in [0.717, 1.165) is 17.5 Å². The Balaban J connectivity index is 1.93. The van der Waals surface area contributed by atoms with Crippen LogP contribution in [-0.4, -0.2) is 48.7 Å². The fraction of sp³-hybridized carbons (Fsp3) is 0.579. The summed E-state index contributed by atoms with van der Waals surface area (Å²) in [5.74, 6) is 0.517. The van der Waals surface area contributed by atoms with Crippen LogP contribution in [0.5, 0.6) is 5.75 Å². The fourth-order valence-corrected chi connectivity index (χ4v) is 3.58. The number of nitrogens with zero attached hydrogens (tertiary/aromatic N) is 1. The van der Waals surface area contributed by atoms with E-state index >= 15 is 0 Å². The smallest absolute Gasteiger partial charge is 0.410 e. The minimum absolute atomic E-state index is 0.0561. The van der Waals surface area contributed by atoms with Gasteiger partial charge in [0.05, 0.1) is 18.7 Å². The first-order valence-electron chi connectivity index (χ1n) is 8.73. The van der Waals surface area contributed by atoms with Crippen molar-refractivity contribution in [2.24, 2.45) is 0 Å². The van der Waals surface area contributed by atoms with E-state index in [1.807, 2.05) is 26.8 Å². The average Bonchev–Trinajstić information content (AvgIpc) is 2.96. The first kappa shape index (κ1) is 17.6. The highest BCUT2D eigenvalue weighted by atomic mass is 16.6. The number of rotatable bonds is 2. The summed E-state index contributed by atoms with van der Waals surface area (Å²) in [5.41, 5.74) is 2.15. The summed E-state index contributed by atoms with van der Waals surface area (Å²) in [6.45, 7) is 8.62. The van der Waals surface area contributed by atoms with Crippen molar-refractivity contribution in [3.05, 3.63) is 28.8 Å². The van der Waals surface area contributed by atoms with Gasteiger partial charge in [0.15, 0.2) is 0 Å². The molecule has 0 unspecified atom stereocenters. The van der Waals surface area contributed by atoms with Gasteiger partial charge in [0.1, 0.15) is 11.4 Å². The maximum absolute atomic E-state index is 12.6. The first-order valence-corrected chi connectivity index (χ1v) is 8.73. The van der Waals surface area contributed by atoms with Crippen LogP contribution in [0.15, 0.2) is 12.1 Å². The van der Waals surface area contributed by atoms with Crippen molar-refractivity contribution >= 4 is 12.0 Å². The van der Waals surface area contributed by atoms with Gasteiger partial charge in [0, 0.05) is 19.0 Å². The van der Waals surface area contributed by atoms with Gasteiger partial charge in [0.25, 0.3) is 5.91 Å². The maximum atomic E-state index is 12.6. The Bertz CT molecular complexity index is 708. The molecule has 2 aliphatic heterocycles. The third kappa shape index (κ3) is 3.30. The summed E-state index contributed by atoms with van der Waals surface area (Å²) in [6, 6.07) is 3.90. The molecule has 0 radical (unpaired) electrons. The number of likely N-dealkylation sites (tertiary alicyclic amines) is 1. The van der Waals surface area contributed by atoms with Crippen LogP contribution in [0.2, 0.25) is 0 Å². The number of methoxy groups -OCH3 is 1. The zero-order valence-corrected chi connectivity index (χ0v) is 15.5. The van der Waals surface area contributed by atoms with Crippen molar-refractivity contribution in [1.29, 1.82) is 0 Å². The lowest BCUT2D eigenvalue weighted by molar-refractivity contribution is 0.0288. The minimum Gasteiger partial charge on any atom is -0.496 e. The summed E-state index contributed by atoms with van der Waals surface area (Å²) >= 11 is 0. The van der Waals surface area contributed by atoms with Gasteiger partial charge in [-0.2, -0.15) is 0 Å². The molecule has 6 heteroatoms. The van der Waals surface area contributed by atoms with Gasteiger partial charge in [-0.3, -0.25) is 4.79 Å². The lowest BCUT2D eigenvalue weighted by Gasteiger charge is -2.29. The molecular formula is C19H26N2O4. The SMILES string of the molecule is CCc1cc(OC)c2c(c1)[C@H]1CN(C(=O)OC(C)(C)C)C[C@@H]1NC2=O. The number of carbonyl (C=O) groups is 2. The predicted molar refractivity (Wildman–Crippen MR) is 94.2 cm³/mol. The van der Waals surface area contributed by atoms with Crippen LogP contribution in [0.3, 0.4) is 0 Å². The normalized spacial score (nSPS) is 22.1. The third-order valence-corrected chi connectivity index (χ3v) is 4.74. The van der Waals surface area contributed by atoms with Crippen LogP contribution < -0.4 is 10.1 Å². The second-order valence-corrected chi connectivity index (χ2v) is 7.69. The summed E-state index contributed by atoms with van der Waals surface area (Å²) in [6.07, 6.45) is 0.523. The van der Waals surface area contributed by atoms with Gasteiger partial charge >= 0.3 is 6.09 Å². The Morgan fingerprint density at radius 2 is 2.04 bits per heavy atom. The molecule has 0 aromatic heterocycles. The third-order valence-electron chi connectivity index (χ3n) is 4.74. The Morgan fingerprint density at radius 3 is 2.64 bits per heavy atom. The summed E-state index contributed by atoms with van der Waals surface area (Å²) < 4.78 is 10.9. The van der Waals surface area contributed by atoms with Gasteiger partial charge in [-0.05, 0) is 44.4 Å². The Kier molecular flexibility index (Phi) is 4.39. The largest absolute Gasteiger partial charge is 0.496 e. The standard InChI is InChI=1S/C19H26N2O4/c1-6-11-7-12-13-9-21(18(23)25-19(2,3)4)10-14(13)20-17(22)16(12)15(8-11)24-5/h7-8,13-14H,6,9-10H2,1-5H3,(H,20,22)/t13-,14+/m1/s1. The number of hydrogen-bond donors (Lipinski definition) is 1. The highest BCUT2D eigenvalue weighted by Crippen LogP contribution is 2.39. The van der Waals surface area contributed by atoms with E-state index in [1.54, 1.807) is 12.0 Å². The number of ether oxygens (including phenoxy) is 2. The molecule has 1 N–H and O–H groups in total. The molecule has 2 aliphatic rings. The number of fused-ring (bicyclic) bond motifs is 3. The van der Waals surface area contributed by atoms with E-state index in [2.05, 4.69) is 18.3 Å². The highest BCUT2D eigenvalue weighted by molar-refractivity contribution is 6.00. The molecule has 3 rings (SSSR count). The Morgan fingerprint density at radius 1 is 1.32 bits per heavy atom. The number of amides is 2. The molecule has 136 valence electrons. The quantitative estimate of drug-likeness (QED) is 0.894. The Hall–Kier alpha value is -2.24. The van der Waals surface area contributed by atoms with E-state index in [1.165, 1.54) is 0 Å². The van der Waals surface area contributed by atoms with Gasteiger partial charge in [0.2, 0.25) is 0 Å². The molecule has 1 aromatic carbocycles. The number of benzene rings is 1. The van der Waals surface area contributed by atoms with Gasteiger partial charge < -0.3 is 19.7 Å². The molecule has 2 atom stereocenters. The lowest BCUT2D eigenvalue weighted by atomic mass is 9.84. The van der Waals surface area contributed by atoms with Crippen LogP contribution in [0.1, 0.15) is 55.1 Å². The van der Waals surface area contributed by atoms with Crippen molar-refractivity contribution in [2.45, 2.75) is 51.7 Å². The van der Waals surface area contributed by atoms with E-state index in [-0.39, 0.29) is 24.0 Å². The van der Waals surface area contributed by atoms with Crippen molar-refractivity contribution < 1.29 is 19.1 Å². The predicted octanol–water partition coefficient (Wildman–Crippen LogP) is 2.70. The van der Waals surface area contributed by atoms with Crippen molar-refractivity contribution in [3.8, 4) is 5.75 Å². The number of hydrogen-bond acceptors (Lipinski definition) is 4. The average molecular weight is 346 g/mol. The van der Waals surface area contributed by atoms with Crippen molar-refractivity contribution in [2.75, 3.05) is 20.2 Å². The zero-order valence-electron chi connectivity index (χ0n) is 15.5. The van der Waals surface area contributed by atoms with Crippen molar-refractivity contribution in [3.63, 3.8) is 0 Å². The maximum Gasteiger partial charge on any atom is 0.410 e. The summed E-state index contributed by atoms with van der Waals surface area (Å²) in [7, 11) is 1.58. The molecule has 1 aromatic rings. The molecule has 0 aliphatic carbocycles. The molecule has 0 spiro atoms. The molecular weight excluding hydrogens is 320 g/mol. The molecule has 0 bridgehead atoms. The number of carbonyl (C=O) groups excluding carboxylic acids is 2. The van der Waals surface area contributed by atoms with Crippen LogP contribution in [0.25, 0.3) is 0 Å². The Labute approximate surface area is 148 Å². The van der Waals surface area contributed by atoms with E-state index < -0.39 is 5.60 Å². The molecule has 0 saturated carbocycles. The first-order chi connectivity index (χ1) is 11.7. The van der Waals surface area contributed by atoms with Crippen LogP contribution in [0, 0.1) is 0 Å². The van der Waals surface area contributed by atoms with E-state index in [0.29, 0.717) is 24.4 Å². The van der Waals surface area contributed by atoms with Gasteiger partial charge in [-0.15, -0.1) is 0 Å². The minimum atomic E-state index is -0.537. The van der Waals surface area contributed by atoms with Crippen LogP contribution >= 0.6 is 0 Å². The zero-order chi connectivity index (χ0) is 18.4. The molecule has 1 fully saturated rings. The highest BCUT2D eigenvalue weighted by Gasteiger charge is 2.44. The number of nitrogens with one attached hydrogen (secondary N) is 1. The van der Waals surface area contributed by atoms with Gasteiger partial charge in [-0.1, -0.05) is 13.0 Å². The fourth-order valence-electron chi connectivity index (χ4n) is 3.58. The second-order valence-electron chi connectivity index (χ2n) is 7.69.